The predicted molar refractivity (Wildman–Crippen MR) is 51.6 cm³/mol. The first-order chi connectivity index (χ1) is 6.42. The highest BCUT2D eigenvalue weighted by molar-refractivity contribution is 4.94. The molecule has 2 rings (SSSR count). The molecule has 14 heavy (non-hydrogen) atoms. The van der Waals surface area contributed by atoms with Crippen molar-refractivity contribution >= 4 is 0 Å². The van der Waals surface area contributed by atoms with Gasteiger partial charge in [-0.1, -0.05) is 0 Å². The SMILES string of the molecule is CC1(C)OC(n2cccn2)OC1(C)C. The van der Waals surface area contributed by atoms with Gasteiger partial charge in [0.15, 0.2) is 0 Å². The molecular weight excluding hydrogens is 180 g/mol. The van der Waals surface area contributed by atoms with Crippen LogP contribution in [-0.2, 0) is 9.47 Å². The van der Waals surface area contributed by atoms with Crippen LogP contribution in [0.5, 0.6) is 0 Å². The van der Waals surface area contributed by atoms with Crippen LogP contribution in [0.25, 0.3) is 0 Å². The van der Waals surface area contributed by atoms with Crippen LogP contribution in [0.4, 0.5) is 0 Å². The van der Waals surface area contributed by atoms with E-state index >= 15 is 0 Å². The second-order valence-corrected chi connectivity index (χ2v) is 4.55. The van der Waals surface area contributed by atoms with Crippen molar-refractivity contribution in [1.29, 1.82) is 0 Å². The van der Waals surface area contributed by atoms with Gasteiger partial charge in [0.05, 0.1) is 11.2 Å². The minimum Gasteiger partial charge on any atom is -0.325 e. The Bertz CT molecular complexity index is 301. The summed E-state index contributed by atoms with van der Waals surface area (Å²) in [7, 11) is 0. The zero-order valence-electron chi connectivity index (χ0n) is 9.02. The Morgan fingerprint density at radius 2 is 1.71 bits per heavy atom. The maximum Gasteiger partial charge on any atom is 0.260 e. The van der Waals surface area contributed by atoms with Gasteiger partial charge in [0.1, 0.15) is 0 Å². The minimum absolute atomic E-state index is 0.302. The highest BCUT2D eigenvalue weighted by atomic mass is 16.8. The molecule has 1 aliphatic heterocycles. The maximum absolute atomic E-state index is 5.79. The van der Waals surface area contributed by atoms with E-state index in [9.17, 15) is 0 Å². The standard InChI is InChI=1S/C10H16N2O2/c1-9(2)10(3,4)14-8(13-9)12-7-5-6-11-12/h5-8H,1-4H3. The Hall–Kier alpha value is -0.870. The van der Waals surface area contributed by atoms with Crippen LogP contribution in [-0.4, -0.2) is 21.0 Å². The van der Waals surface area contributed by atoms with Gasteiger partial charge in [0.25, 0.3) is 6.41 Å². The van der Waals surface area contributed by atoms with Crippen molar-refractivity contribution in [2.24, 2.45) is 0 Å². The molecule has 1 fully saturated rings. The lowest BCUT2D eigenvalue weighted by atomic mass is 9.90. The fourth-order valence-electron chi connectivity index (χ4n) is 1.33. The van der Waals surface area contributed by atoms with Crippen molar-refractivity contribution < 1.29 is 9.47 Å². The van der Waals surface area contributed by atoms with Gasteiger partial charge in [-0.05, 0) is 33.8 Å². The smallest absolute Gasteiger partial charge is 0.260 e. The first kappa shape index (κ1) is 9.68. The van der Waals surface area contributed by atoms with Gasteiger partial charge in [-0.2, -0.15) is 5.10 Å². The largest absolute Gasteiger partial charge is 0.325 e. The van der Waals surface area contributed by atoms with E-state index in [4.69, 9.17) is 9.47 Å². The summed E-state index contributed by atoms with van der Waals surface area (Å²) < 4.78 is 13.3. The topological polar surface area (TPSA) is 36.3 Å². The third kappa shape index (κ3) is 1.35. The Morgan fingerprint density at radius 1 is 1.14 bits per heavy atom. The molecule has 0 aliphatic carbocycles. The van der Waals surface area contributed by atoms with Crippen LogP contribution in [0.15, 0.2) is 18.5 Å². The molecule has 0 unspecified atom stereocenters. The van der Waals surface area contributed by atoms with Gasteiger partial charge in [-0.15, -0.1) is 0 Å². The number of ether oxygens (including phenoxy) is 2. The van der Waals surface area contributed by atoms with Crippen LogP contribution in [0, 0.1) is 0 Å². The molecule has 0 saturated carbocycles. The quantitative estimate of drug-likeness (QED) is 0.688. The van der Waals surface area contributed by atoms with Gasteiger partial charge >= 0.3 is 0 Å². The Kier molecular flexibility index (Phi) is 1.94. The molecule has 1 saturated heterocycles. The summed E-state index contributed by atoms with van der Waals surface area (Å²) in [5, 5.41) is 4.10. The number of hydrogen-bond acceptors (Lipinski definition) is 3. The highest BCUT2D eigenvalue weighted by Gasteiger charge is 2.49. The molecule has 0 bridgehead atoms. The van der Waals surface area contributed by atoms with Crippen molar-refractivity contribution in [3.63, 3.8) is 0 Å². The summed E-state index contributed by atoms with van der Waals surface area (Å²) in [6.45, 7) is 8.10. The Labute approximate surface area is 83.8 Å². The zero-order chi connectivity index (χ0) is 10.4. The monoisotopic (exact) mass is 196 g/mol. The maximum atomic E-state index is 5.79. The highest BCUT2D eigenvalue weighted by Crippen LogP contribution is 2.42. The van der Waals surface area contributed by atoms with Gasteiger partial charge in [0, 0.05) is 12.4 Å². The number of nitrogens with zero attached hydrogens (tertiary/aromatic N) is 2. The Morgan fingerprint density at radius 3 is 2.14 bits per heavy atom. The second kappa shape index (κ2) is 2.81. The number of rotatable bonds is 1. The summed E-state index contributed by atoms with van der Waals surface area (Å²) >= 11 is 0. The third-order valence-electron chi connectivity index (χ3n) is 2.98. The fraction of sp³-hybridized carbons (Fsp3) is 0.700. The van der Waals surface area contributed by atoms with Gasteiger partial charge in [-0.25, -0.2) is 4.68 Å². The molecule has 1 aliphatic rings. The van der Waals surface area contributed by atoms with Gasteiger partial charge in [0.2, 0.25) is 0 Å². The van der Waals surface area contributed by atoms with Crippen molar-refractivity contribution in [1.82, 2.24) is 9.78 Å². The summed E-state index contributed by atoms with van der Waals surface area (Å²) in [6.07, 6.45) is 3.14. The first-order valence-electron chi connectivity index (χ1n) is 4.77. The molecule has 0 aromatic carbocycles. The molecule has 4 nitrogen and oxygen atoms in total. The van der Waals surface area contributed by atoms with Crippen molar-refractivity contribution in [2.45, 2.75) is 45.3 Å². The van der Waals surface area contributed by atoms with Crippen LogP contribution in [0.3, 0.4) is 0 Å². The lowest BCUT2D eigenvalue weighted by molar-refractivity contribution is -0.147. The summed E-state index contributed by atoms with van der Waals surface area (Å²) in [5.41, 5.74) is -0.604. The van der Waals surface area contributed by atoms with E-state index in [0.717, 1.165) is 0 Å². The normalized spacial score (nSPS) is 25.4. The molecule has 0 amide bonds. The van der Waals surface area contributed by atoms with Gasteiger partial charge in [-0.3, -0.25) is 0 Å². The average molecular weight is 196 g/mol. The molecule has 2 heterocycles. The zero-order valence-corrected chi connectivity index (χ0v) is 9.02. The van der Waals surface area contributed by atoms with E-state index in [-0.39, 0.29) is 11.2 Å². The van der Waals surface area contributed by atoms with Gasteiger partial charge < -0.3 is 9.47 Å². The summed E-state index contributed by atoms with van der Waals surface area (Å²) in [6, 6.07) is 1.85. The predicted octanol–water partition coefficient (Wildman–Crippen LogP) is 1.94. The van der Waals surface area contributed by atoms with E-state index in [0.29, 0.717) is 0 Å². The average Bonchev–Trinajstić information content (AvgIpc) is 2.58. The van der Waals surface area contributed by atoms with E-state index in [2.05, 4.69) is 5.10 Å². The molecular formula is C10H16N2O2. The molecule has 0 atom stereocenters. The summed E-state index contributed by atoms with van der Waals surface area (Å²) in [4.78, 5) is 0. The van der Waals surface area contributed by atoms with Crippen LogP contribution in [0.2, 0.25) is 0 Å². The lowest BCUT2D eigenvalue weighted by Gasteiger charge is -2.29. The Balaban J connectivity index is 2.22. The molecule has 78 valence electrons. The van der Waals surface area contributed by atoms with Crippen LogP contribution in [0.1, 0.15) is 34.1 Å². The molecule has 0 spiro atoms. The van der Waals surface area contributed by atoms with Crippen LogP contribution >= 0.6 is 0 Å². The number of hydrogen-bond donors (Lipinski definition) is 0. The third-order valence-corrected chi connectivity index (χ3v) is 2.98. The molecule has 4 heteroatoms. The lowest BCUT2D eigenvalue weighted by Crippen LogP contribution is -2.41. The van der Waals surface area contributed by atoms with E-state index in [1.165, 1.54) is 0 Å². The molecule has 1 aromatic rings. The fourth-order valence-corrected chi connectivity index (χ4v) is 1.33. The second-order valence-electron chi connectivity index (χ2n) is 4.55. The van der Waals surface area contributed by atoms with E-state index in [1.54, 1.807) is 10.9 Å². The van der Waals surface area contributed by atoms with E-state index < -0.39 is 6.41 Å². The van der Waals surface area contributed by atoms with E-state index in [1.807, 2.05) is 40.0 Å². The number of aromatic nitrogens is 2. The van der Waals surface area contributed by atoms with Crippen LogP contribution < -0.4 is 0 Å². The molecule has 0 N–H and O–H groups in total. The molecule has 0 radical (unpaired) electrons. The molecule has 1 aromatic heterocycles. The van der Waals surface area contributed by atoms with Crippen molar-refractivity contribution in [3.05, 3.63) is 18.5 Å². The first-order valence-corrected chi connectivity index (χ1v) is 4.77. The van der Waals surface area contributed by atoms with Crippen molar-refractivity contribution in [3.8, 4) is 0 Å². The van der Waals surface area contributed by atoms with Crippen molar-refractivity contribution in [2.75, 3.05) is 0 Å². The summed E-state index contributed by atoms with van der Waals surface area (Å²) in [5.74, 6) is 0. The minimum atomic E-state index is -0.407.